The molecule has 6 heteroatoms. The van der Waals surface area contributed by atoms with Crippen molar-refractivity contribution in [3.63, 3.8) is 0 Å². The molecular formula is C16H22ClNO4. The molecule has 1 saturated heterocycles. The Hall–Kier alpha value is -1.30. The Morgan fingerprint density at radius 2 is 2.14 bits per heavy atom. The van der Waals surface area contributed by atoms with Gasteiger partial charge in [-0.1, -0.05) is 25.4 Å². The zero-order valence-electron chi connectivity index (χ0n) is 13.1. The Bertz CT molecular complexity index is 575. The Kier molecular flexibility index (Phi) is 4.70. The fraction of sp³-hybridized carbons (Fsp3) is 0.562. The summed E-state index contributed by atoms with van der Waals surface area (Å²) >= 11 is 5.79. The lowest BCUT2D eigenvalue weighted by Crippen LogP contribution is -2.60. The number of carbonyl (C=O) groups excluding carboxylic acids is 1. The molecule has 1 aliphatic heterocycles. The highest BCUT2D eigenvalue weighted by Gasteiger charge is 2.48. The molecule has 1 fully saturated rings. The van der Waals surface area contributed by atoms with E-state index in [9.17, 15) is 15.0 Å². The van der Waals surface area contributed by atoms with Crippen LogP contribution in [0.3, 0.4) is 0 Å². The second-order valence-electron chi connectivity index (χ2n) is 6.49. The van der Waals surface area contributed by atoms with Crippen molar-refractivity contribution in [2.75, 3.05) is 26.8 Å². The van der Waals surface area contributed by atoms with E-state index in [4.69, 9.17) is 16.3 Å². The van der Waals surface area contributed by atoms with Gasteiger partial charge in [0.05, 0.1) is 17.8 Å². The molecule has 0 bridgehead atoms. The molecule has 2 N–H and O–H groups in total. The summed E-state index contributed by atoms with van der Waals surface area (Å²) in [5, 5.41) is 21.0. The predicted octanol–water partition coefficient (Wildman–Crippen LogP) is 2.30. The summed E-state index contributed by atoms with van der Waals surface area (Å²) < 4.78 is 5.12. The molecule has 0 aromatic heterocycles. The molecule has 22 heavy (non-hydrogen) atoms. The molecule has 1 aliphatic rings. The van der Waals surface area contributed by atoms with Gasteiger partial charge in [-0.25, -0.2) is 0 Å². The number of aliphatic hydroxyl groups is 1. The summed E-state index contributed by atoms with van der Waals surface area (Å²) in [4.78, 5) is 14.2. The van der Waals surface area contributed by atoms with Crippen molar-refractivity contribution >= 4 is 17.5 Å². The number of phenols is 1. The number of phenolic OH excluding ortho intramolecular Hbond substituents is 1. The number of nitrogens with zero attached hydrogens (tertiary/aromatic N) is 1. The number of methoxy groups -OCH3 is 1. The van der Waals surface area contributed by atoms with Crippen LogP contribution in [0.2, 0.25) is 5.02 Å². The van der Waals surface area contributed by atoms with E-state index in [0.717, 1.165) is 0 Å². The largest absolute Gasteiger partial charge is 0.507 e. The summed E-state index contributed by atoms with van der Waals surface area (Å²) in [5.74, 6) is -0.394. The maximum atomic E-state index is 12.6. The van der Waals surface area contributed by atoms with Crippen molar-refractivity contribution in [3.05, 3.63) is 28.8 Å². The predicted molar refractivity (Wildman–Crippen MR) is 84.2 cm³/mol. The number of ether oxygens (including phenoxy) is 1. The number of carbonyl (C=O) groups is 1. The minimum atomic E-state index is -0.972. The summed E-state index contributed by atoms with van der Waals surface area (Å²) in [6.07, 6.45) is 0.425. The van der Waals surface area contributed by atoms with E-state index >= 15 is 0 Å². The Balaban J connectivity index is 2.20. The number of hydrogen-bond donors (Lipinski definition) is 2. The highest BCUT2D eigenvalue weighted by molar-refractivity contribution is 6.30. The molecule has 1 atom stereocenters. The van der Waals surface area contributed by atoms with Gasteiger partial charge in [-0.2, -0.15) is 0 Å². The number of halogens is 1. The number of piperidine rings is 1. The van der Waals surface area contributed by atoms with Crippen LogP contribution in [0.5, 0.6) is 5.75 Å². The molecule has 0 radical (unpaired) electrons. The zero-order valence-corrected chi connectivity index (χ0v) is 13.9. The summed E-state index contributed by atoms with van der Waals surface area (Å²) in [7, 11) is 1.55. The van der Waals surface area contributed by atoms with Crippen molar-refractivity contribution in [1.82, 2.24) is 4.90 Å². The average Bonchev–Trinajstić information content (AvgIpc) is 2.42. The first-order chi connectivity index (χ1) is 10.2. The van der Waals surface area contributed by atoms with E-state index in [0.29, 0.717) is 24.5 Å². The third-order valence-corrected chi connectivity index (χ3v) is 4.74. The molecule has 1 unspecified atom stereocenters. The SMILES string of the molecule is COCC1(O)CCN(C(=O)c2ccc(Cl)cc2O)CC1(C)C. The topological polar surface area (TPSA) is 70.0 Å². The highest BCUT2D eigenvalue weighted by atomic mass is 35.5. The first-order valence-electron chi connectivity index (χ1n) is 7.19. The van der Waals surface area contributed by atoms with Gasteiger partial charge in [-0.3, -0.25) is 4.79 Å². The van der Waals surface area contributed by atoms with E-state index in [2.05, 4.69) is 0 Å². The molecule has 0 saturated carbocycles. The van der Waals surface area contributed by atoms with Crippen molar-refractivity contribution in [1.29, 1.82) is 0 Å². The van der Waals surface area contributed by atoms with Gasteiger partial charge in [0.2, 0.25) is 0 Å². The first kappa shape index (κ1) is 17.1. The van der Waals surface area contributed by atoms with Crippen LogP contribution >= 0.6 is 11.6 Å². The van der Waals surface area contributed by atoms with Gasteiger partial charge in [-0.05, 0) is 24.6 Å². The normalized spacial score (nSPS) is 24.3. The lowest BCUT2D eigenvalue weighted by Gasteiger charge is -2.49. The Labute approximate surface area is 135 Å². The minimum Gasteiger partial charge on any atom is -0.507 e. The van der Waals surface area contributed by atoms with Gasteiger partial charge in [0.25, 0.3) is 5.91 Å². The number of likely N-dealkylation sites (tertiary alicyclic amines) is 1. The highest BCUT2D eigenvalue weighted by Crippen LogP contribution is 2.39. The van der Waals surface area contributed by atoms with Crippen LogP contribution in [0.1, 0.15) is 30.6 Å². The van der Waals surface area contributed by atoms with Crippen LogP contribution in [-0.2, 0) is 4.74 Å². The van der Waals surface area contributed by atoms with Crippen molar-refractivity contribution < 1.29 is 19.7 Å². The maximum Gasteiger partial charge on any atom is 0.257 e. The Morgan fingerprint density at radius 3 is 2.68 bits per heavy atom. The van der Waals surface area contributed by atoms with Crippen LogP contribution in [0.4, 0.5) is 0 Å². The van der Waals surface area contributed by atoms with Crippen LogP contribution < -0.4 is 0 Å². The number of rotatable bonds is 3. The van der Waals surface area contributed by atoms with Crippen LogP contribution in [0, 0.1) is 5.41 Å². The molecular weight excluding hydrogens is 306 g/mol. The van der Waals surface area contributed by atoms with Gasteiger partial charge in [0.1, 0.15) is 5.75 Å². The molecule has 1 aromatic carbocycles. The molecule has 1 amide bonds. The number of amides is 1. The quantitative estimate of drug-likeness (QED) is 0.893. The Morgan fingerprint density at radius 1 is 1.45 bits per heavy atom. The summed E-state index contributed by atoms with van der Waals surface area (Å²) in [6.45, 7) is 4.84. The maximum absolute atomic E-state index is 12.6. The molecule has 1 aromatic rings. The molecule has 0 aliphatic carbocycles. The molecule has 5 nitrogen and oxygen atoms in total. The van der Waals surface area contributed by atoms with Crippen LogP contribution in [-0.4, -0.2) is 53.4 Å². The lowest BCUT2D eigenvalue weighted by atomic mass is 9.70. The van der Waals surface area contributed by atoms with Gasteiger partial charge in [-0.15, -0.1) is 0 Å². The van der Waals surface area contributed by atoms with Gasteiger partial charge in [0.15, 0.2) is 0 Å². The fourth-order valence-electron chi connectivity index (χ4n) is 2.90. The summed E-state index contributed by atoms with van der Waals surface area (Å²) in [6, 6.07) is 4.44. The van der Waals surface area contributed by atoms with E-state index in [1.54, 1.807) is 18.1 Å². The molecule has 1 heterocycles. The zero-order chi connectivity index (χ0) is 16.5. The molecule has 122 valence electrons. The van der Waals surface area contributed by atoms with Crippen molar-refractivity contribution in [2.24, 2.45) is 5.41 Å². The third-order valence-electron chi connectivity index (χ3n) is 4.50. The van der Waals surface area contributed by atoms with Gasteiger partial charge in [0, 0.05) is 30.6 Å². The van der Waals surface area contributed by atoms with Gasteiger partial charge < -0.3 is 19.8 Å². The molecule has 2 rings (SSSR count). The molecule has 0 spiro atoms. The third kappa shape index (κ3) is 3.07. The van der Waals surface area contributed by atoms with E-state index in [1.807, 2.05) is 13.8 Å². The second-order valence-corrected chi connectivity index (χ2v) is 6.92. The number of aromatic hydroxyl groups is 1. The van der Waals surface area contributed by atoms with E-state index < -0.39 is 11.0 Å². The summed E-state index contributed by atoms with van der Waals surface area (Å²) in [5.41, 5.74) is -1.27. The van der Waals surface area contributed by atoms with Crippen molar-refractivity contribution in [3.8, 4) is 5.75 Å². The minimum absolute atomic E-state index is 0.131. The second kappa shape index (κ2) is 6.07. The smallest absolute Gasteiger partial charge is 0.257 e. The first-order valence-corrected chi connectivity index (χ1v) is 7.57. The van der Waals surface area contributed by atoms with Crippen LogP contribution in [0.25, 0.3) is 0 Å². The van der Waals surface area contributed by atoms with E-state index in [-0.39, 0.29) is 23.8 Å². The standard InChI is InChI=1S/C16H22ClNO4/c1-15(2)9-18(7-6-16(15,21)10-22-3)14(20)12-5-4-11(17)8-13(12)19/h4-5,8,19,21H,6-7,9-10H2,1-3H3. The van der Waals surface area contributed by atoms with Gasteiger partial charge >= 0.3 is 0 Å². The monoisotopic (exact) mass is 327 g/mol. The fourth-order valence-corrected chi connectivity index (χ4v) is 3.06. The van der Waals surface area contributed by atoms with Crippen molar-refractivity contribution in [2.45, 2.75) is 25.9 Å². The number of hydrogen-bond acceptors (Lipinski definition) is 4. The number of benzene rings is 1. The van der Waals surface area contributed by atoms with E-state index in [1.165, 1.54) is 12.1 Å². The average molecular weight is 328 g/mol. The lowest BCUT2D eigenvalue weighted by molar-refractivity contribution is -0.144. The van der Waals surface area contributed by atoms with Crippen LogP contribution in [0.15, 0.2) is 18.2 Å².